The maximum Gasteiger partial charge on any atom is 0.410 e. The van der Waals surface area contributed by atoms with Gasteiger partial charge in [0.1, 0.15) is 17.6 Å². The average Bonchev–Trinajstić information content (AvgIpc) is 2.35. The fraction of sp³-hybridized carbons (Fsp3) is 0.625. The second-order valence-corrected chi connectivity index (χ2v) is 6.96. The van der Waals surface area contributed by atoms with Crippen molar-refractivity contribution in [2.24, 2.45) is 0 Å². The lowest BCUT2D eigenvalue weighted by atomic mass is 9.64. The molecule has 0 unspecified atom stereocenters. The van der Waals surface area contributed by atoms with Crippen molar-refractivity contribution in [2.75, 3.05) is 13.6 Å². The summed E-state index contributed by atoms with van der Waals surface area (Å²) in [5, 5.41) is 0. The van der Waals surface area contributed by atoms with Gasteiger partial charge in [-0.2, -0.15) is 0 Å². The summed E-state index contributed by atoms with van der Waals surface area (Å²) in [6, 6.07) is 2.80. The summed E-state index contributed by atoms with van der Waals surface area (Å²) >= 11 is 0. The van der Waals surface area contributed by atoms with Crippen LogP contribution in [0.15, 0.2) is 18.3 Å². The zero-order valence-corrected chi connectivity index (χ0v) is 13.4. The molecule has 0 radical (unpaired) electrons. The lowest BCUT2D eigenvalue weighted by Crippen LogP contribution is -2.52. The molecule has 6 heteroatoms. The molecule has 1 aromatic rings. The highest BCUT2D eigenvalue weighted by molar-refractivity contribution is 5.68. The number of hydrogen-bond acceptors (Lipinski definition) is 3. The van der Waals surface area contributed by atoms with Crippen LogP contribution < -0.4 is 0 Å². The molecule has 1 aromatic heterocycles. The third kappa shape index (κ3) is 3.54. The summed E-state index contributed by atoms with van der Waals surface area (Å²) in [4.78, 5) is 17.5. The molecule has 0 bridgehead atoms. The second kappa shape index (κ2) is 5.82. The third-order valence-corrected chi connectivity index (χ3v) is 3.73. The van der Waals surface area contributed by atoms with Gasteiger partial charge in [-0.3, -0.25) is 4.98 Å². The number of carbonyl (C=O) groups excluding carboxylic acids is 1. The molecule has 0 N–H and O–H groups in total. The van der Waals surface area contributed by atoms with Gasteiger partial charge in [0.25, 0.3) is 0 Å². The van der Waals surface area contributed by atoms with Crippen molar-refractivity contribution in [2.45, 2.75) is 50.8 Å². The van der Waals surface area contributed by atoms with Crippen LogP contribution in [0, 0.1) is 5.82 Å². The highest BCUT2D eigenvalue weighted by Crippen LogP contribution is 2.46. The number of aromatic nitrogens is 1. The zero-order valence-electron chi connectivity index (χ0n) is 13.4. The third-order valence-electron chi connectivity index (χ3n) is 3.73. The maximum absolute atomic E-state index is 14.0. The van der Waals surface area contributed by atoms with Crippen LogP contribution in [0.5, 0.6) is 0 Å². The molecule has 1 aliphatic rings. The summed E-state index contributed by atoms with van der Waals surface area (Å²) < 4.78 is 32.8. The number of halogens is 2. The van der Waals surface area contributed by atoms with Crippen molar-refractivity contribution in [3.63, 3.8) is 0 Å². The molecular formula is C16H22F2N2O2. The monoisotopic (exact) mass is 312 g/mol. The first kappa shape index (κ1) is 16.6. The summed E-state index contributed by atoms with van der Waals surface area (Å²) in [6.45, 7) is 5.49. The second-order valence-electron chi connectivity index (χ2n) is 6.96. The van der Waals surface area contributed by atoms with Gasteiger partial charge >= 0.3 is 6.09 Å². The van der Waals surface area contributed by atoms with Crippen molar-refractivity contribution in [3.8, 4) is 0 Å². The van der Waals surface area contributed by atoms with Crippen molar-refractivity contribution >= 4 is 6.09 Å². The number of likely N-dealkylation sites (N-methyl/N-ethyl adjacent to an activating group) is 1. The molecule has 0 saturated heterocycles. The van der Waals surface area contributed by atoms with Crippen LogP contribution in [-0.2, 0) is 10.2 Å². The Labute approximate surface area is 129 Å². The standard InChI is InChI=1S/C16H22F2N2O2/c1-15(2,3)22-14(21)20(4)10-16(8-11(17)9-16)13-12(18)6-5-7-19-13/h5-7,11H,8-10H2,1-4H3/t11-,16-. The Morgan fingerprint density at radius 3 is 2.64 bits per heavy atom. The number of hydrogen-bond donors (Lipinski definition) is 0. The van der Waals surface area contributed by atoms with Gasteiger partial charge in [0, 0.05) is 25.2 Å². The van der Waals surface area contributed by atoms with E-state index in [4.69, 9.17) is 4.74 Å². The van der Waals surface area contributed by atoms with Gasteiger partial charge in [0.05, 0.1) is 5.69 Å². The van der Waals surface area contributed by atoms with E-state index in [0.717, 1.165) is 0 Å². The first-order valence-corrected chi connectivity index (χ1v) is 7.32. The highest BCUT2D eigenvalue weighted by atomic mass is 19.1. The van der Waals surface area contributed by atoms with E-state index in [2.05, 4.69) is 4.98 Å². The quantitative estimate of drug-likeness (QED) is 0.858. The molecule has 1 heterocycles. The van der Waals surface area contributed by atoms with E-state index in [1.54, 1.807) is 27.8 Å². The van der Waals surface area contributed by atoms with E-state index in [0.29, 0.717) is 0 Å². The van der Waals surface area contributed by atoms with Crippen LogP contribution >= 0.6 is 0 Å². The number of nitrogens with zero attached hydrogens (tertiary/aromatic N) is 2. The number of amides is 1. The molecule has 22 heavy (non-hydrogen) atoms. The van der Waals surface area contributed by atoms with Crippen LogP contribution in [0.25, 0.3) is 0 Å². The number of rotatable bonds is 3. The molecule has 0 spiro atoms. The Bertz CT molecular complexity index is 551. The number of carbonyl (C=O) groups is 1. The van der Waals surface area contributed by atoms with Gasteiger partial charge in [-0.25, -0.2) is 13.6 Å². The van der Waals surface area contributed by atoms with Gasteiger partial charge in [0.2, 0.25) is 0 Å². The van der Waals surface area contributed by atoms with Crippen LogP contribution in [0.4, 0.5) is 13.6 Å². The molecule has 1 saturated carbocycles. The molecule has 1 fully saturated rings. The lowest BCUT2D eigenvalue weighted by Gasteiger charge is -2.45. The Morgan fingerprint density at radius 2 is 2.14 bits per heavy atom. The van der Waals surface area contributed by atoms with E-state index in [1.807, 2.05) is 0 Å². The van der Waals surface area contributed by atoms with Crippen molar-refractivity contribution in [3.05, 3.63) is 29.8 Å². The first-order valence-electron chi connectivity index (χ1n) is 7.32. The minimum atomic E-state index is -0.992. The first-order chi connectivity index (χ1) is 10.1. The van der Waals surface area contributed by atoms with Crippen molar-refractivity contribution < 1.29 is 18.3 Å². The smallest absolute Gasteiger partial charge is 0.410 e. The largest absolute Gasteiger partial charge is 0.444 e. The van der Waals surface area contributed by atoms with Crippen LogP contribution in [0.1, 0.15) is 39.3 Å². The number of alkyl halides is 1. The molecule has 0 aliphatic heterocycles. The molecular weight excluding hydrogens is 290 g/mol. The van der Waals surface area contributed by atoms with E-state index < -0.39 is 29.1 Å². The summed E-state index contributed by atoms with van der Waals surface area (Å²) in [7, 11) is 1.57. The molecule has 2 rings (SSSR count). The summed E-state index contributed by atoms with van der Waals surface area (Å²) in [6.07, 6.45) is 0.306. The molecule has 4 nitrogen and oxygen atoms in total. The van der Waals surface area contributed by atoms with E-state index in [1.165, 1.54) is 23.2 Å². The molecule has 1 aliphatic carbocycles. The average molecular weight is 312 g/mol. The zero-order chi connectivity index (χ0) is 16.5. The summed E-state index contributed by atoms with van der Waals surface area (Å²) in [5.41, 5.74) is -1.17. The maximum atomic E-state index is 14.0. The molecule has 0 aromatic carbocycles. The van der Waals surface area contributed by atoms with E-state index >= 15 is 0 Å². The Balaban J connectivity index is 2.16. The van der Waals surface area contributed by atoms with E-state index in [9.17, 15) is 13.6 Å². The molecule has 1 amide bonds. The van der Waals surface area contributed by atoms with Gasteiger partial charge < -0.3 is 9.64 Å². The van der Waals surface area contributed by atoms with Gasteiger partial charge in [-0.15, -0.1) is 0 Å². The Morgan fingerprint density at radius 1 is 1.50 bits per heavy atom. The number of ether oxygens (including phenoxy) is 1. The van der Waals surface area contributed by atoms with Gasteiger partial charge in [0.15, 0.2) is 0 Å². The number of pyridine rings is 1. The predicted molar refractivity (Wildman–Crippen MR) is 78.9 cm³/mol. The molecule has 0 atom stereocenters. The minimum Gasteiger partial charge on any atom is -0.444 e. The van der Waals surface area contributed by atoms with E-state index in [-0.39, 0.29) is 25.1 Å². The fourth-order valence-electron chi connectivity index (χ4n) is 2.82. The lowest BCUT2D eigenvalue weighted by molar-refractivity contribution is 0.0105. The van der Waals surface area contributed by atoms with Gasteiger partial charge in [-0.1, -0.05) is 0 Å². The van der Waals surface area contributed by atoms with Gasteiger partial charge in [-0.05, 0) is 45.7 Å². The fourth-order valence-corrected chi connectivity index (χ4v) is 2.82. The normalized spacial score (nSPS) is 24.5. The SMILES string of the molecule is CN(C[C@]1(c2ncccc2F)C[C@H](F)C1)C(=O)OC(C)(C)C. The summed E-state index contributed by atoms with van der Waals surface area (Å²) in [5.74, 6) is -0.466. The topological polar surface area (TPSA) is 42.4 Å². The van der Waals surface area contributed by atoms with Crippen LogP contribution in [0.3, 0.4) is 0 Å². The Kier molecular flexibility index (Phi) is 4.40. The molecule has 122 valence electrons. The van der Waals surface area contributed by atoms with Crippen LogP contribution in [-0.4, -0.2) is 41.3 Å². The highest BCUT2D eigenvalue weighted by Gasteiger charge is 2.50. The van der Waals surface area contributed by atoms with Crippen molar-refractivity contribution in [1.29, 1.82) is 0 Å². The Hall–Kier alpha value is -1.72. The van der Waals surface area contributed by atoms with Crippen LogP contribution in [0.2, 0.25) is 0 Å². The minimum absolute atomic E-state index is 0.161. The van der Waals surface area contributed by atoms with Crippen molar-refractivity contribution in [1.82, 2.24) is 9.88 Å². The predicted octanol–water partition coefficient (Wildman–Crippen LogP) is 3.46.